The van der Waals surface area contributed by atoms with Crippen molar-refractivity contribution < 1.29 is 4.79 Å². The Hall–Kier alpha value is -2.27. The van der Waals surface area contributed by atoms with Gasteiger partial charge in [0.2, 0.25) is 0 Å². The third kappa shape index (κ3) is 2.78. The quantitative estimate of drug-likeness (QED) is 0.846. The van der Waals surface area contributed by atoms with E-state index in [2.05, 4.69) is 15.6 Å². The van der Waals surface area contributed by atoms with Crippen molar-refractivity contribution in [2.45, 2.75) is 13.0 Å². The van der Waals surface area contributed by atoms with Crippen LogP contribution in [-0.4, -0.2) is 23.6 Å². The summed E-state index contributed by atoms with van der Waals surface area (Å²) in [7, 11) is 0. The van der Waals surface area contributed by atoms with Gasteiger partial charge in [-0.1, -0.05) is 23.7 Å². The zero-order valence-electron chi connectivity index (χ0n) is 11.5. The van der Waals surface area contributed by atoms with Crippen molar-refractivity contribution in [1.82, 2.24) is 4.98 Å². The number of hydrogen-bond donors (Lipinski definition) is 2. The topological polar surface area (TPSA) is 57.3 Å². The van der Waals surface area contributed by atoms with Crippen LogP contribution in [0.5, 0.6) is 0 Å². The van der Waals surface area contributed by atoms with Crippen molar-refractivity contribution in [3.63, 3.8) is 0 Å². The van der Waals surface area contributed by atoms with Crippen molar-refractivity contribution in [3.05, 3.63) is 47.6 Å². The number of pyridine rings is 1. The fourth-order valence-corrected chi connectivity index (χ4v) is 2.50. The van der Waals surface area contributed by atoms with E-state index in [0.717, 1.165) is 5.69 Å². The van der Waals surface area contributed by atoms with Gasteiger partial charge in [-0.3, -0.25) is 4.90 Å². The predicted octanol–water partition coefficient (Wildman–Crippen LogP) is 3.59. The van der Waals surface area contributed by atoms with E-state index >= 15 is 0 Å². The van der Waals surface area contributed by atoms with Crippen LogP contribution in [-0.2, 0) is 0 Å². The molecule has 1 aliphatic rings. The summed E-state index contributed by atoms with van der Waals surface area (Å²) in [5.41, 5.74) is 1.36. The second-order valence-electron chi connectivity index (χ2n) is 4.94. The highest BCUT2D eigenvalue weighted by Gasteiger charge is 2.26. The van der Waals surface area contributed by atoms with Gasteiger partial charge in [0, 0.05) is 18.8 Å². The Kier molecular flexibility index (Phi) is 3.66. The second kappa shape index (κ2) is 5.61. The van der Waals surface area contributed by atoms with Crippen LogP contribution < -0.4 is 15.5 Å². The number of carbonyl (C=O) groups excluding carboxylic acids is 1. The molecule has 1 aromatic carbocycles. The lowest BCUT2D eigenvalue weighted by atomic mass is 10.2. The molecule has 2 N–H and O–H groups in total. The first-order valence-electron chi connectivity index (χ1n) is 6.70. The molecule has 0 saturated heterocycles. The summed E-state index contributed by atoms with van der Waals surface area (Å²) in [5.74, 6) is 0.713. The van der Waals surface area contributed by atoms with Crippen LogP contribution in [0.4, 0.5) is 22.0 Å². The summed E-state index contributed by atoms with van der Waals surface area (Å²) in [4.78, 5) is 18.5. The number of halogens is 1. The molecule has 1 atom stereocenters. The summed E-state index contributed by atoms with van der Waals surface area (Å²) < 4.78 is 0. The molecule has 0 radical (unpaired) electrons. The number of benzene rings is 1. The number of hydrogen-bond acceptors (Lipinski definition) is 3. The molecule has 21 heavy (non-hydrogen) atoms. The molecule has 2 heterocycles. The number of anilines is 3. The zero-order chi connectivity index (χ0) is 14.8. The highest BCUT2D eigenvalue weighted by Crippen LogP contribution is 2.29. The molecule has 0 saturated carbocycles. The smallest absolute Gasteiger partial charge is 0.326 e. The molecule has 6 heteroatoms. The lowest BCUT2D eigenvalue weighted by molar-refractivity contribution is 0.256. The van der Waals surface area contributed by atoms with Gasteiger partial charge in [0.05, 0.1) is 16.4 Å². The summed E-state index contributed by atoms with van der Waals surface area (Å²) >= 11 is 6.08. The average Bonchev–Trinajstić information content (AvgIpc) is 2.48. The van der Waals surface area contributed by atoms with E-state index in [9.17, 15) is 4.79 Å². The van der Waals surface area contributed by atoms with Gasteiger partial charge in [-0.15, -0.1) is 0 Å². The van der Waals surface area contributed by atoms with Crippen molar-refractivity contribution in [1.29, 1.82) is 0 Å². The van der Waals surface area contributed by atoms with Gasteiger partial charge in [0.25, 0.3) is 0 Å². The lowest BCUT2D eigenvalue weighted by Crippen LogP contribution is -2.45. The van der Waals surface area contributed by atoms with Gasteiger partial charge in [0.15, 0.2) is 0 Å². The first-order chi connectivity index (χ1) is 10.1. The van der Waals surface area contributed by atoms with Crippen molar-refractivity contribution in [2.24, 2.45) is 0 Å². The number of nitrogens with one attached hydrogen (secondary N) is 2. The number of aromatic nitrogens is 1. The molecule has 2 amide bonds. The van der Waals surface area contributed by atoms with E-state index in [0.29, 0.717) is 23.1 Å². The minimum absolute atomic E-state index is 0.129. The molecule has 108 valence electrons. The molecular weight excluding hydrogens is 288 g/mol. The zero-order valence-corrected chi connectivity index (χ0v) is 12.3. The molecule has 1 unspecified atom stereocenters. The third-order valence-corrected chi connectivity index (χ3v) is 3.61. The highest BCUT2D eigenvalue weighted by molar-refractivity contribution is 6.33. The molecule has 0 spiro atoms. The standard InChI is InChI=1S/C15H15ClN4O/c1-10-9-20(13-7-4-8-17-14(13)18-10)15(21)19-12-6-3-2-5-11(12)16/h2-8,10H,9H2,1H3,(H,17,18)(H,19,21). The molecule has 0 fully saturated rings. The number of fused-ring (bicyclic) bond motifs is 1. The number of urea groups is 1. The first kappa shape index (κ1) is 13.7. The van der Waals surface area contributed by atoms with Crippen molar-refractivity contribution in [2.75, 3.05) is 22.1 Å². The first-order valence-corrected chi connectivity index (χ1v) is 7.07. The lowest BCUT2D eigenvalue weighted by Gasteiger charge is -2.33. The molecule has 1 aromatic heterocycles. The van der Waals surface area contributed by atoms with Crippen LogP contribution in [0.2, 0.25) is 5.02 Å². The number of rotatable bonds is 1. The maximum absolute atomic E-state index is 12.5. The Morgan fingerprint density at radius 1 is 1.38 bits per heavy atom. The molecule has 0 aliphatic carbocycles. The van der Waals surface area contributed by atoms with Crippen molar-refractivity contribution >= 4 is 34.8 Å². The molecule has 0 bridgehead atoms. The Bertz CT molecular complexity index is 676. The summed E-state index contributed by atoms with van der Waals surface area (Å²) in [6.45, 7) is 2.57. The maximum Gasteiger partial charge on any atom is 0.326 e. The minimum Gasteiger partial charge on any atom is -0.364 e. The Balaban J connectivity index is 1.87. The fourth-order valence-electron chi connectivity index (χ4n) is 2.31. The van der Waals surface area contributed by atoms with E-state index < -0.39 is 0 Å². The maximum atomic E-state index is 12.5. The Morgan fingerprint density at radius 2 is 2.19 bits per heavy atom. The van der Waals surface area contributed by atoms with E-state index in [1.807, 2.05) is 31.2 Å². The highest BCUT2D eigenvalue weighted by atomic mass is 35.5. The fraction of sp³-hybridized carbons (Fsp3) is 0.200. The summed E-state index contributed by atoms with van der Waals surface area (Å²) in [6, 6.07) is 10.8. The molecule has 1 aliphatic heterocycles. The second-order valence-corrected chi connectivity index (χ2v) is 5.34. The number of carbonyl (C=O) groups is 1. The van der Waals surface area contributed by atoms with Crippen LogP contribution in [0.25, 0.3) is 0 Å². The molecule has 2 aromatic rings. The molecule has 5 nitrogen and oxygen atoms in total. The van der Waals surface area contributed by atoms with Gasteiger partial charge < -0.3 is 10.6 Å². The van der Waals surface area contributed by atoms with Crippen LogP contribution in [0, 0.1) is 0 Å². The van der Waals surface area contributed by atoms with Crippen LogP contribution in [0.15, 0.2) is 42.6 Å². The SMILES string of the molecule is CC1CN(C(=O)Nc2ccccc2Cl)c2cccnc2N1. The number of nitrogens with zero attached hydrogens (tertiary/aromatic N) is 2. The number of amides is 2. The van der Waals surface area contributed by atoms with Crippen molar-refractivity contribution in [3.8, 4) is 0 Å². The molecule has 3 rings (SSSR count). The Morgan fingerprint density at radius 3 is 3.00 bits per heavy atom. The normalized spacial score (nSPS) is 16.9. The van der Waals surface area contributed by atoms with E-state index in [-0.39, 0.29) is 12.1 Å². The van der Waals surface area contributed by atoms with Gasteiger partial charge in [-0.25, -0.2) is 9.78 Å². The van der Waals surface area contributed by atoms with Crippen LogP contribution >= 0.6 is 11.6 Å². The van der Waals surface area contributed by atoms with Crippen LogP contribution in [0.3, 0.4) is 0 Å². The van der Waals surface area contributed by atoms with E-state index in [1.54, 1.807) is 23.2 Å². The summed E-state index contributed by atoms with van der Waals surface area (Å²) in [6.07, 6.45) is 1.70. The molecular formula is C15H15ClN4O. The van der Waals surface area contributed by atoms with Crippen LogP contribution in [0.1, 0.15) is 6.92 Å². The third-order valence-electron chi connectivity index (χ3n) is 3.28. The van der Waals surface area contributed by atoms with Gasteiger partial charge in [-0.05, 0) is 31.2 Å². The number of para-hydroxylation sites is 1. The van der Waals surface area contributed by atoms with Gasteiger partial charge in [-0.2, -0.15) is 0 Å². The summed E-state index contributed by atoms with van der Waals surface area (Å²) in [5, 5.41) is 6.62. The monoisotopic (exact) mass is 302 g/mol. The predicted molar refractivity (Wildman–Crippen MR) is 85.1 cm³/mol. The van der Waals surface area contributed by atoms with Gasteiger partial charge in [0.1, 0.15) is 5.82 Å². The average molecular weight is 303 g/mol. The minimum atomic E-state index is -0.217. The Labute approximate surface area is 127 Å². The van der Waals surface area contributed by atoms with Gasteiger partial charge >= 0.3 is 6.03 Å². The largest absolute Gasteiger partial charge is 0.364 e. The van der Waals surface area contributed by atoms with E-state index in [1.165, 1.54) is 0 Å². The van der Waals surface area contributed by atoms with E-state index in [4.69, 9.17) is 11.6 Å².